The Morgan fingerprint density at radius 3 is 2.37 bits per heavy atom. The topological polar surface area (TPSA) is 75.4 Å². The number of alkyl halides is 3. The summed E-state index contributed by atoms with van der Waals surface area (Å²) in [4.78, 5) is 24.9. The van der Waals surface area contributed by atoms with E-state index in [9.17, 15) is 22.8 Å². The first-order chi connectivity index (χ1) is 12.6. The van der Waals surface area contributed by atoms with Gasteiger partial charge in [-0.3, -0.25) is 14.3 Å². The maximum absolute atomic E-state index is 12.7. The minimum Gasteiger partial charge on any atom is -0.480 e. The number of aromatic nitrogens is 2. The van der Waals surface area contributed by atoms with Crippen LogP contribution in [0.2, 0.25) is 0 Å². The lowest BCUT2D eigenvalue weighted by atomic mass is 10.1. The summed E-state index contributed by atoms with van der Waals surface area (Å²) in [6, 6.07) is 8.87. The first-order valence-corrected chi connectivity index (χ1v) is 8.20. The number of carbonyl (C=O) groups excluding carboxylic acids is 1. The highest BCUT2D eigenvalue weighted by atomic mass is 19.4. The van der Waals surface area contributed by atoms with Crippen molar-refractivity contribution in [1.82, 2.24) is 14.7 Å². The molecule has 0 saturated carbocycles. The van der Waals surface area contributed by atoms with Crippen molar-refractivity contribution in [3.05, 3.63) is 52.8 Å². The van der Waals surface area contributed by atoms with Crippen molar-refractivity contribution in [2.45, 2.75) is 39.5 Å². The number of nitrogens with zero attached hydrogens (tertiary/aromatic N) is 3. The molecule has 0 unspecified atom stereocenters. The maximum Gasteiger partial charge on any atom is 0.408 e. The van der Waals surface area contributed by atoms with Crippen molar-refractivity contribution >= 4 is 11.9 Å². The van der Waals surface area contributed by atoms with Crippen LogP contribution in [0.3, 0.4) is 0 Å². The van der Waals surface area contributed by atoms with Crippen LogP contribution in [0.4, 0.5) is 13.2 Å². The highest BCUT2D eigenvalue weighted by Crippen LogP contribution is 2.22. The molecule has 2 aromatic rings. The highest BCUT2D eigenvalue weighted by Gasteiger charge is 2.30. The van der Waals surface area contributed by atoms with Crippen LogP contribution in [-0.2, 0) is 29.1 Å². The maximum atomic E-state index is 12.7. The molecule has 6 nitrogen and oxygen atoms in total. The second kappa shape index (κ2) is 8.24. The fourth-order valence-electron chi connectivity index (χ4n) is 2.78. The van der Waals surface area contributed by atoms with E-state index in [1.807, 2.05) is 0 Å². The number of halogens is 3. The van der Waals surface area contributed by atoms with Gasteiger partial charge in [-0.25, -0.2) is 0 Å². The molecule has 0 aliphatic rings. The number of aryl methyl sites for hydroxylation is 1. The van der Waals surface area contributed by atoms with Crippen molar-refractivity contribution in [3.8, 4) is 0 Å². The zero-order valence-corrected chi connectivity index (χ0v) is 15.0. The molecule has 1 aromatic heterocycles. The highest BCUT2D eigenvalue weighted by molar-refractivity contribution is 5.83. The zero-order valence-electron chi connectivity index (χ0n) is 15.0. The van der Waals surface area contributed by atoms with Crippen LogP contribution in [0, 0.1) is 13.8 Å². The van der Waals surface area contributed by atoms with E-state index in [1.165, 1.54) is 13.8 Å². The molecule has 1 amide bonds. The van der Waals surface area contributed by atoms with Gasteiger partial charge in [0.25, 0.3) is 0 Å². The van der Waals surface area contributed by atoms with Gasteiger partial charge in [-0.15, -0.1) is 0 Å². The summed E-state index contributed by atoms with van der Waals surface area (Å²) in [6.45, 7) is 1.36. The third kappa shape index (κ3) is 5.83. The Kier molecular flexibility index (Phi) is 6.24. The van der Waals surface area contributed by atoms with E-state index in [0.29, 0.717) is 11.3 Å². The smallest absolute Gasteiger partial charge is 0.408 e. The second-order valence-corrected chi connectivity index (χ2v) is 6.23. The molecular formula is C18H20F3N3O3. The number of benzene rings is 1. The fourth-order valence-corrected chi connectivity index (χ4v) is 2.78. The molecule has 9 heteroatoms. The number of carbonyl (C=O) groups is 2. The van der Waals surface area contributed by atoms with E-state index in [0.717, 1.165) is 15.1 Å². The standard InChI is InChI=1S/C18H20F3N3O3/c1-12-15(13(2)24(22-12)11-18(19,20)21)8-16(25)23(10-17(26)27)9-14-6-4-3-5-7-14/h3-7H,8-11H2,1-2H3,(H,26,27). The van der Waals surface area contributed by atoms with Gasteiger partial charge in [-0.05, 0) is 19.4 Å². The number of aliphatic carboxylic acids is 1. The molecule has 27 heavy (non-hydrogen) atoms. The summed E-state index contributed by atoms with van der Waals surface area (Å²) in [5.74, 6) is -1.65. The van der Waals surface area contributed by atoms with Crippen LogP contribution in [0.25, 0.3) is 0 Å². The first-order valence-electron chi connectivity index (χ1n) is 8.20. The summed E-state index contributed by atoms with van der Waals surface area (Å²) in [6.07, 6.45) is -4.64. The molecule has 2 rings (SSSR count). The van der Waals surface area contributed by atoms with E-state index in [4.69, 9.17) is 5.11 Å². The van der Waals surface area contributed by atoms with Gasteiger partial charge in [-0.1, -0.05) is 30.3 Å². The first kappa shape index (κ1) is 20.5. The van der Waals surface area contributed by atoms with Crippen LogP contribution < -0.4 is 0 Å². The van der Waals surface area contributed by atoms with Crippen molar-refractivity contribution < 1.29 is 27.9 Å². The molecule has 0 aliphatic heterocycles. The number of hydrogen-bond acceptors (Lipinski definition) is 3. The number of amides is 1. The van der Waals surface area contributed by atoms with E-state index in [-0.39, 0.29) is 18.7 Å². The lowest BCUT2D eigenvalue weighted by Gasteiger charge is -2.21. The quantitative estimate of drug-likeness (QED) is 0.798. The number of carboxylic acids is 1. The molecule has 146 valence electrons. The van der Waals surface area contributed by atoms with E-state index >= 15 is 0 Å². The van der Waals surface area contributed by atoms with Gasteiger partial charge < -0.3 is 10.0 Å². The zero-order chi connectivity index (χ0) is 20.2. The Bertz CT molecular complexity index is 816. The Hall–Kier alpha value is -2.84. The molecule has 0 fully saturated rings. The summed E-state index contributed by atoms with van der Waals surface area (Å²) in [7, 11) is 0. The number of carboxylic acid groups (broad SMARTS) is 1. The van der Waals surface area contributed by atoms with Gasteiger partial charge in [0.05, 0.1) is 12.1 Å². The van der Waals surface area contributed by atoms with Gasteiger partial charge in [0.15, 0.2) is 0 Å². The van der Waals surface area contributed by atoms with Crippen molar-refractivity contribution in [2.24, 2.45) is 0 Å². The molecular weight excluding hydrogens is 363 g/mol. The van der Waals surface area contributed by atoms with Crippen LogP contribution >= 0.6 is 0 Å². The summed E-state index contributed by atoms with van der Waals surface area (Å²) in [5, 5.41) is 12.9. The van der Waals surface area contributed by atoms with E-state index in [2.05, 4.69) is 5.10 Å². The lowest BCUT2D eigenvalue weighted by Crippen LogP contribution is -2.36. The average Bonchev–Trinajstić information content (AvgIpc) is 2.80. The Labute approximate surface area is 154 Å². The van der Waals surface area contributed by atoms with Crippen LogP contribution in [0.1, 0.15) is 22.5 Å². The predicted molar refractivity (Wildman–Crippen MR) is 91.0 cm³/mol. The van der Waals surface area contributed by atoms with Gasteiger partial charge in [0, 0.05) is 17.8 Å². The summed E-state index contributed by atoms with van der Waals surface area (Å²) in [5.41, 5.74) is 1.70. The molecule has 0 atom stereocenters. The molecule has 1 N–H and O–H groups in total. The SMILES string of the molecule is Cc1nn(CC(F)(F)F)c(C)c1CC(=O)N(CC(=O)O)Cc1ccccc1. The Morgan fingerprint density at radius 1 is 1.19 bits per heavy atom. The minimum absolute atomic E-state index is 0.0980. The minimum atomic E-state index is -4.42. The van der Waals surface area contributed by atoms with Gasteiger partial charge >= 0.3 is 12.1 Å². The number of hydrogen-bond donors (Lipinski definition) is 1. The van der Waals surface area contributed by atoms with Crippen LogP contribution in [-0.4, -0.2) is 44.4 Å². The molecule has 0 aliphatic carbocycles. The molecule has 0 saturated heterocycles. The monoisotopic (exact) mass is 383 g/mol. The molecule has 0 radical (unpaired) electrons. The fraction of sp³-hybridized carbons (Fsp3) is 0.389. The summed E-state index contributed by atoms with van der Waals surface area (Å²) < 4.78 is 38.7. The molecule has 0 spiro atoms. The van der Waals surface area contributed by atoms with Gasteiger partial charge in [0.1, 0.15) is 13.1 Å². The predicted octanol–water partition coefficient (Wildman–Crippen LogP) is 2.72. The molecule has 1 aromatic carbocycles. The lowest BCUT2D eigenvalue weighted by molar-refractivity contribution is -0.144. The van der Waals surface area contributed by atoms with Crippen molar-refractivity contribution in [1.29, 1.82) is 0 Å². The van der Waals surface area contributed by atoms with Crippen LogP contribution in [0.5, 0.6) is 0 Å². The van der Waals surface area contributed by atoms with Crippen LogP contribution in [0.15, 0.2) is 30.3 Å². The Balaban J connectivity index is 2.20. The van der Waals surface area contributed by atoms with E-state index in [1.54, 1.807) is 30.3 Å². The second-order valence-electron chi connectivity index (χ2n) is 6.23. The molecule has 1 heterocycles. The number of rotatable bonds is 7. The average molecular weight is 383 g/mol. The Morgan fingerprint density at radius 2 is 1.81 bits per heavy atom. The third-order valence-corrected chi connectivity index (χ3v) is 4.08. The van der Waals surface area contributed by atoms with Gasteiger partial charge in [0.2, 0.25) is 5.91 Å². The largest absolute Gasteiger partial charge is 0.480 e. The summed E-state index contributed by atoms with van der Waals surface area (Å²) >= 11 is 0. The van der Waals surface area contributed by atoms with Gasteiger partial charge in [-0.2, -0.15) is 18.3 Å². The molecule has 0 bridgehead atoms. The van der Waals surface area contributed by atoms with E-state index < -0.39 is 31.1 Å². The third-order valence-electron chi connectivity index (χ3n) is 4.08. The normalized spacial score (nSPS) is 11.4. The van der Waals surface area contributed by atoms with Crippen molar-refractivity contribution in [3.63, 3.8) is 0 Å². The van der Waals surface area contributed by atoms with Crippen molar-refractivity contribution in [2.75, 3.05) is 6.54 Å².